The van der Waals surface area contributed by atoms with Crippen molar-refractivity contribution in [3.63, 3.8) is 0 Å². The van der Waals surface area contributed by atoms with Crippen LogP contribution in [-0.2, 0) is 14.4 Å². The number of rotatable bonds is 8. The number of phenols is 1. The molecule has 45 heavy (non-hydrogen) atoms. The summed E-state index contributed by atoms with van der Waals surface area (Å²) in [5.74, 6) is 5.07. The van der Waals surface area contributed by atoms with Gasteiger partial charge in [0.2, 0.25) is 17.7 Å². The van der Waals surface area contributed by atoms with E-state index in [0.29, 0.717) is 31.4 Å². The fourth-order valence-corrected chi connectivity index (χ4v) is 5.23. The van der Waals surface area contributed by atoms with Crippen molar-refractivity contribution in [1.29, 1.82) is 0 Å². The maximum Gasteiger partial charge on any atom is 0.246 e. The predicted molar refractivity (Wildman–Crippen MR) is 170 cm³/mol. The van der Waals surface area contributed by atoms with Gasteiger partial charge in [-0.1, -0.05) is 44.7 Å². The Labute approximate surface area is 262 Å². The molecule has 0 spiro atoms. The molecule has 236 valence electrons. The van der Waals surface area contributed by atoms with Crippen molar-refractivity contribution < 1.29 is 23.9 Å². The lowest BCUT2D eigenvalue weighted by atomic mass is 9.85. The highest BCUT2D eigenvalue weighted by Crippen LogP contribution is 2.33. The molecule has 4 rings (SSSR count). The number of aromatic nitrogens is 2. The van der Waals surface area contributed by atoms with Crippen LogP contribution in [0.1, 0.15) is 58.4 Å². The fourth-order valence-electron chi connectivity index (χ4n) is 5.23. The molecule has 0 bridgehead atoms. The number of hydrogen-bond acceptors (Lipinski definition) is 7. The van der Waals surface area contributed by atoms with Gasteiger partial charge in [-0.05, 0) is 66.6 Å². The van der Waals surface area contributed by atoms with Crippen LogP contribution in [0.3, 0.4) is 0 Å². The Balaban J connectivity index is 1.33. The van der Waals surface area contributed by atoms with Gasteiger partial charge in [0.25, 0.3) is 0 Å². The Morgan fingerprint density at radius 2 is 1.84 bits per heavy atom. The molecule has 2 heterocycles. The number of amides is 3. The topological polar surface area (TPSA) is 151 Å². The number of likely N-dealkylation sites (N-methyl/N-ethyl adjacent to an activating group) is 1. The highest BCUT2D eigenvalue weighted by atomic mass is 19.1. The number of unbranched alkanes of at least 4 members (excludes halogenated alkanes) is 1. The van der Waals surface area contributed by atoms with Crippen molar-refractivity contribution >= 4 is 23.5 Å². The molecule has 3 aromatic rings. The lowest BCUT2D eigenvalue weighted by Gasteiger charge is -2.35. The van der Waals surface area contributed by atoms with Crippen molar-refractivity contribution in [2.24, 2.45) is 5.41 Å². The maximum absolute atomic E-state index is 13.7. The third kappa shape index (κ3) is 8.15. The van der Waals surface area contributed by atoms with E-state index in [-0.39, 0.29) is 47.0 Å². The summed E-state index contributed by atoms with van der Waals surface area (Å²) in [6, 6.07) is 11.3. The first-order chi connectivity index (χ1) is 21.4. The van der Waals surface area contributed by atoms with Crippen molar-refractivity contribution in [2.45, 2.75) is 65.0 Å². The molecule has 2 unspecified atom stereocenters. The van der Waals surface area contributed by atoms with Gasteiger partial charge in [-0.25, -0.2) is 4.39 Å². The second kappa shape index (κ2) is 14.2. The minimum atomic E-state index is -0.750. The van der Waals surface area contributed by atoms with Crippen LogP contribution in [0.5, 0.6) is 5.75 Å². The number of nitrogens with zero attached hydrogens (tertiary/aromatic N) is 3. The van der Waals surface area contributed by atoms with Gasteiger partial charge < -0.3 is 26.4 Å². The molecule has 5 N–H and O–H groups in total. The molecule has 11 heteroatoms. The van der Waals surface area contributed by atoms with E-state index in [1.165, 1.54) is 12.1 Å². The molecule has 1 aliphatic heterocycles. The van der Waals surface area contributed by atoms with E-state index in [1.54, 1.807) is 18.0 Å². The number of likely N-dealkylation sites (tertiary alicyclic amines) is 1. The number of carbonyl (C=O) groups excluding carboxylic acids is 3. The number of benzene rings is 2. The van der Waals surface area contributed by atoms with Crippen molar-refractivity contribution in [3.05, 3.63) is 59.9 Å². The average Bonchev–Trinajstić information content (AvgIpc) is 3.51. The number of nitrogens with two attached hydrogens (primary N) is 1. The second-order valence-corrected chi connectivity index (χ2v) is 12.1. The SMILES string of the molecule is CNC(=O)C1CCCN1C(=O)C(NC(=O)CCCC#Cc1ccc(-c2cc(-c3cc(F)ccc3O)nnc2N)cc1)C(C)(C)C. The summed E-state index contributed by atoms with van der Waals surface area (Å²) in [7, 11) is 1.56. The Hall–Kier alpha value is -4.98. The Morgan fingerprint density at radius 3 is 2.53 bits per heavy atom. The summed E-state index contributed by atoms with van der Waals surface area (Å²) >= 11 is 0. The van der Waals surface area contributed by atoms with Crippen LogP contribution in [0, 0.1) is 23.1 Å². The summed E-state index contributed by atoms with van der Waals surface area (Å²) in [4.78, 5) is 40.1. The average molecular weight is 615 g/mol. The molecule has 2 atom stereocenters. The first-order valence-corrected chi connectivity index (χ1v) is 14.9. The molecular formula is C34H39FN6O4. The van der Waals surface area contributed by atoms with Crippen LogP contribution in [0.15, 0.2) is 48.5 Å². The van der Waals surface area contributed by atoms with Gasteiger partial charge in [-0.15, -0.1) is 10.2 Å². The van der Waals surface area contributed by atoms with Crippen LogP contribution in [0.4, 0.5) is 10.2 Å². The van der Waals surface area contributed by atoms with Crippen LogP contribution in [0.25, 0.3) is 22.4 Å². The molecule has 3 amide bonds. The van der Waals surface area contributed by atoms with E-state index in [1.807, 2.05) is 45.0 Å². The molecular weight excluding hydrogens is 575 g/mol. The first-order valence-electron chi connectivity index (χ1n) is 14.9. The third-order valence-corrected chi connectivity index (χ3v) is 7.69. The molecule has 10 nitrogen and oxygen atoms in total. The number of nitrogen functional groups attached to an aromatic ring is 1. The largest absolute Gasteiger partial charge is 0.507 e. The zero-order valence-corrected chi connectivity index (χ0v) is 26.0. The molecule has 1 fully saturated rings. The summed E-state index contributed by atoms with van der Waals surface area (Å²) in [6.07, 6.45) is 2.56. The van der Waals surface area contributed by atoms with Crippen molar-refractivity contribution in [3.8, 4) is 40.0 Å². The van der Waals surface area contributed by atoms with E-state index in [9.17, 15) is 23.9 Å². The Bertz CT molecular complexity index is 1620. The molecule has 1 aliphatic rings. The summed E-state index contributed by atoms with van der Waals surface area (Å²) < 4.78 is 13.7. The van der Waals surface area contributed by atoms with E-state index >= 15 is 0 Å². The number of halogens is 1. The Morgan fingerprint density at radius 1 is 1.11 bits per heavy atom. The normalized spacial score (nSPS) is 15.1. The van der Waals surface area contributed by atoms with E-state index < -0.39 is 23.3 Å². The molecule has 0 radical (unpaired) electrons. The van der Waals surface area contributed by atoms with Gasteiger partial charge in [0.15, 0.2) is 5.82 Å². The predicted octanol–water partition coefficient (Wildman–Crippen LogP) is 4.03. The quantitative estimate of drug-likeness (QED) is 0.221. The van der Waals surface area contributed by atoms with Crippen LogP contribution in [-0.4, -0.2) is 63.6 Å². The summed E-state index contributed by atoms with van der Waals surface area (Å²) in [5, 5.41) is 23.7. The third-order valence-electron chi connectivity index (χ3n) is 7.69. The minimum absolute atomic E-state index is 0.120. The van der Waals surface area contributed by atoms with Crippen LogP contribution in [0.2, 0.25) is 0 Å². The number of hydrogen-bond donors (Lipinski definition) is 4. The molecule has 0 aliphatic carbocycles. The van der Waals surface area contributed by atoms with Crippen molar-refractivity contribution in [1.82, 2.24) is 25.7 Å². The monoisotopic (exact) mass is 614 g/mol. The molecule has 0 saturated carbocycles. The van der Waals surface area contributed by atoms with Gasteiger partial charge in [-0.3, -0.25) is 14.4 Å². The van der Waals surface area contributed by atoms with Gasteiger partial charge in [0, 0.05) is 43.1 Å². The Kier molecular flexibility index (Phi) is 10.4. The van der Waals surface area contributed by atoms with Crippen LogP contribution < -0.4 is 16.4 Å². The van der Waals surface area contributed by atoms with Gasteiger partial charge in [-0.2, -0.15) is 0 Å². The smallest absolute Gasteiger partial charge is 0.246 e. The zero-order valence-electron chi connectivity index (χ0n) is 26.0. The number of phenolic OH excluding ortho intramolecular Hbond substituents is 1. The van der Waals surface area contributed by atoms with E-state index in [2.05, 4.69) is 32.7 Å². The van der Waals surface area contributed by atoms with Crippen LogP contribution >= 0.6 is 0 Å². The minimum Gasteiger partial charge on any atom is -0.507 e. The number of aromatic hydroxyl groups is 1. The molecule has 1 aromatic heterocycles. The molecule has 2 aromatic carbocycles. The standard InChI is InChI=1S/C34H39FN6O4/c1-34(2,3)30(33(45)41-18-8-10-27(41)32(44)37-4)38-29(43)11-7-5-6-9-21-12-14-22(15-13-21)24-20-26(39-40-31(24)36)25-19-23(35)16-17-28(25)42/h12-17,19-20,27,30,42H,5,7-8,10-11,18H2,1-4H3,(H2,36,40)(H,37,44)(H,38,43). The summed E-state index contributed by atoms with van der Waals surface area (Å²) in [5.41, 5.74) is 8.12. The second-order valence-electron chi connectivity index (χ2n) is 12.1. The lowest BCUT2D eigenvalue weighted by molar-refractivity contribution is -0.143. The number of carbonyl (C=O) groups is 3. The highest BCUT2D eigenvalue weighted by molar-refractivity contribution is 5.93. The van der Waals surface area contributed by atoms with E-state index in [0.717, 1.165) is 23.6 Å². The first kappa shape index (κ1) is 32.9. The van der Waals surface area contributed by atoms with Gasteiger partial charge in [0.05, 0.1) is 5.69 Å². The zero-order chi connectivity index (χ0) is 32.7. The van der Waals surface area contributed by atoms with E-state index in [4.69, 9.17) is 5.73 Å². The highest BCUT2D eigenvalue weighted by Gasteiger charge is 2.41. The number of nitrogens with one attached hydrogen (secondary N) is 2. The molecule has 1 saturated heterocycles. The maximum atomic E-state index is 13.7. The summed E-state index contributed by atoms with van der Waals surface area (Å²) in [6.45, 7) is 6.17. The fraction of sp³-hybridized carbons (Fsp3) is 0.382. The van der Waals surface area contributed by atoms with Gasteiger partial charge in [0.1, 0.15) is 23.7 Å². The number of anilines is 1. The van der Waals surface area contributed by atoms with Crippen molar-refractivity contribution in [2.75, 3.05) is 19.3 Å². The lowest BCUT2D eigenvalue weighted by Crippen LogP contribution is -2.57. The van der Waals surface area contributed by atoms with Gasteiger partial charge >= 0.3 is 0 Å².